The van der Waals surface area contributed by atoms with Gasteiger partial charge in [-0.1, -0.05) is 36.4 Å². The molecule has 0 radical (unpaired) electrons. The molecule has 0 fully saturated rings. The molecule has 1 atom stereocenters. The first kappa shape index (κ1) is 16.7. The molecule has 1 rings (SSSR count). The van der Waals surface area contributed by atoms with Gasteiger partial charge in [-0.2, -0.15) is 0 Å². The Hall–Kier alpha value is -2.34. The average molecular weight is 293 g/mol. The van der Waals surface area contributed by atoms with E-state index >= 15 is 0 Å². The molecule has 114 valence electrons. The van der Waals surface area contributed by atoms with Crippen LogP contribution in [-0.2, 0) is 20.9 Å². The summed E-state index contributed by atoms with van der Waals surface area (Å²) >= 11 is 0. The molecule has 1 N–H and O–H groups in total. The van der Waals surface area contributed by atoms with E-state index < -0.39 is 18.1 Å². The summed E-state index contributed by atoms with van der Waals surface area (Å²) in [6.07, 6.45) is 0.792. The van der Waals surface area contributed by atoms with Crippen molar-refractivity contribution in [3.05, 3.63) is 48.6 Å². The van der Waals surface area contributed by atoms with E-state index in [1.807, 2.05) is 30.3 Å². The van der Waals surface area contributed by atoms with Crippen LogP contribution in [0.5, 0.6) is 0 Å². The Morgan fingerprint density at radius 1 is 1.38 bits per heavy atom. The average Bonchev–Trinajstić information content (AvgIpc) is 2.49. The Morgan fingerprint density at radius 3 is 2.62 bits per heavy atom. The van der Waals surface area contributed by atoms with E-state index in [2.05, 4.69) is 6.58 Å². The van der Waals surface area contributed by atoms with Gasteiger partial charge in [0.15, 0.2) is 6.04 Å². The number of carboxylic acid groups (broad SMARTS) is 1. The van der Waals surface area contributed by atoms with Gasteiger partial charge in [-0.15, -0.1) is 6.58 Å². The predicted octanol–water partition coefficient (Wildman–Crippen LogP) is 1.91. The maximum absolute atomic E-state index is 11.9. The highest BCUT2D eigenvalue weighted by Gasteiger charge is 2.27. The van der Waals surface area contributed by atoms with E-state index in [0.29, 0.717) is 0 Å². The number of nitrogens with zero attached hydrogens (tertiary/aromatic N) is 1. The van der Waals surface area contributed by atoms with Gasteiger partial charge in [0.05, 0.1) is 13.2 Å². The molecule has 0 unspecified atom stereocenters. The van der Waals surface area contributed by atoms with Crippen LogP contribution in [0.4, 0.5) is 4.79 Å². The number of benzene rings is 1. The molecule has 0 aliphatic carbocycles. The van der Waals surface area contributed by atoms with Gasteiger partial charge in [-0.3, -0.25) is 4.90 Å². The molecule has 0 aliphatic heterocycles. The molecule has 0 heterocycles. The Bertz CT molecular complexity index is 474. The van der Waals surface area contributed by atoms with Crippen LogP contribution in [0, 0.1) is 0 Å². The monoisotopic (exact) mass is 293 g/mol. The summed E-state index contributed by atoms with van der Waals surface area (Å²) in [5.74, 6) is -1.15. The summed E-state index contributed by atoms with van der Waals surface area (Å²) < 4.78 is 10.2. The van der Waals surface area contributed by atoms with Crippen molar-refractivity contribution >= 4 is 12.1 Å². The predicted molar refractivity (Wildman–Crippen MR) is 76.8 cm³/mol. The van der Waals surface area contributed by atoms with E-state index in [1.54, 1.807) is 0 Å². The van der Waals surface area contributed by atoms with Crippen molar-refractivity contribution in [1.82, 2.24) is 4.90 Å². The number of likely N-dealkylation sites (N-methyl/N-ethyl adjacent to an activating group) is 1. The number of hydrogen-bond acceptors (Lipinski definition) is 4. The molecule has 0 saturated heterocycles. The highest BCUT2D eigenvalue weighted by Crippen LogP contribution is 2.06. The third-order valence-electron chi connectivity index (χ3n) is 2.76. The molecule has 0 aliphatic rings. The lowest BCUT2D eigenvalue weighted by molar-refractivity contribution is -0.144. The second kappa shape index (κ2) is 8.76. The molecular weight excluding hydrogens is 274 g/mol. The SMILES string of the molecule is C=CCOC[C@@H](C(=O)O)N(C)C(=O)OCc1ccccc1. The molecule has 6 nitrogen and oxygen atoms in total. The smallest absolute Gasteiger partial charge is 0.410 e. The molecule has 1 aromatic carbocycles. The van der Waals surface area contributed by atoms with Gasteiger partial charge >= 0.3 is 12.1 Å². The zero-order chi connectivity index (χ0) is 15.7. The summed E-state index contributed by atoms with van der Waals surface area (Å²) in [6, 6.07) is 8.04. The number of carbonyl (C=O) groups excluding carboxylic acids is 1. The van der Waals surface area contributed by atoms with Crippen LogP contribution in [0.25, 0.3) is 0 Å². The molecule has 6 heteroatoms. The van der Waals surface area contributed by atoms with Gasteiger partial charge in [-0.25, -0.2) is 9.59 Å². The van der Waals surface area contributed by atoms with Crippen LogP contribution < -0.4 is 0 Å². The van der Waals surface area contributed by atoms with Crippen molar-refractivity contribution in [2.45, 2.75) is 12.6 Å². The van der Waals surface area contributed by atoms with Crippen molar-refractivity contribution in [2.24, 2.45) is 0 Å². The zero-order valence-corrected chi connectivity index (χ0v) is 11.9. The van der Waals surface area contributed by atoms with E-state index in [1.165, 1.54) is 13.1 Å². The Labute approximate surface area is 123 Å². The minimum Gasteiger partial charge on any atom is -0.480 e. The summed E-state index contributed by atoms with van der Waals surface area (Å²) in [4.78, 5) is 24.0. The maximum atomic E-state index is 11.9. The fourth-order valence-corrected chi connectivity index (χ4v) is 1.56. The fourth-order valence-electron chi connectivity index (χ4n) is 1.56. The summed E-state index contributed by atoms with van der Waals surface area (Å²) in [7, 11) is 1.36. The third kappa shape index (κ3) is 5.66. The first-order valence-corrected chi connectivity index (χ1v) is 6.41. The number of amides is 1. The van der Waals surface area contributed by atoms with Gasteiger partial charge in [0, 0.05) is 7.05 Å². The first-order valence-electron chi connectivity index (χ1n) is 6.41. The Morgan fingerprint density at radius 2 is 2.05 bits per heavy atom. The lowest BCUT2D eigenvalue weighted by Crippen LogP contribution is -2.45. The Balaban J connectivity index is 2.53. The summed E-state index contributed by atoms with van der Waals surface area (Å²) in [5.41, 5.74) is 0.828. The molecule has 0 saturated carbocycles. The highest BCUT2D eigenvalue weighted by atomic mass is 16.6. The van der Waals surface area contributed by atoms with Gasteiger partial charge in [0.25, 0.3) is 0 Å². The third-order valence-corrected chi connectivity index (χ3v) is 2.76. The topological polar surface area (TPSA) is 76.1 Å². The van der Waals surface area contributed by atoms with E-state index in [9.17, 15) is 9.59 Å². The standard InChI is InChI=1S/C15H19NO5/c1-3-9-20-11-13(14(17)18)16(2)15(19)21-10-12-7-5-4-6-8-12/h3-8,13H,1,9-11H2,2H3,(H,17,18)/t13-/m0/s1. The van der Waals surface area contributed by atoms with E-state index in [0.717, 1.165) is 10.5 Å². The molecule has 0 aromatic heterocycles. The van der Waals surface area contributed by atoms with E-state index in [4.69, 9.17) is 14.6 Å². The largest absolute Gasteiger partial charge is 0.480 e. The lowest BCUT2D eigenvalue weighted by atomic mass is 10.2. The van der Waals surface area contributed by atoms with Crippen LogP contribution in [0.15, 0.2) is 43.0 Å². The molecule has 0 spiro atoms. The zero-order valence-electron chi connectivity index (χ0n) is 11.9. The molecule has 21 heavy (non-hydrogen) atoms. The highest BCUT2D eigenvalue weighted by molar-refractivity contribution is 5.80. The number of aliphatic carboxylic acids is 1. The number of carbonyl (C=O) groups is 2. The molecule has 1 aromatic rings. The second-order valence-corrected chi connectivity index (χ2v) is 4.33. The fraction of sp³-hybridized carbons (Fsp3) is 0.333. The van der Waals surface area contributed by atoms with Crippen molar-refractivity contribution < 1.29 is 24.2 Å². The van der Waals surface area contributed by atoms with Crippen molar-refractivity contribution in [2.75, 3.05) is 20.3 Å². The lowest BCUT2D eigenvalue weighted by Gasteiger charge is -2.23. The number of ether oxygens (including phenoxy) is 2. The quantitative estimate of drug-likeness (QED) is 0.585. The van der Waals surface area contributed by atoms with Crippen LogP contribution in [0.3, 0.4) is 0 Å². The van der Waals surface area contributed by atoms with Crippen LogP contribution >= 0.6 is 0 Å². The number of hydrogen-bond donors (Lipinski definition) is 1. The minimum atomic E-state index is -1.15. The van der Waals surface area contributed by atoms with Gasteiger partial charge in [0.1, 0.15) is 6.61 Å². The van der Waals surface area contributed by atoms with Crippen LogP contribution in [0.1, 0.15) is 5.56 Å². The molecular formula is C15H19NO5. The number of carboxylic acids is 1. The van der Waals surface area contributed by atoms with Crippen molar-refractivity contribution in [3.8, 4) is 0 Å². The van der Waals surface area contributed by atoms with Gasteiger partial charge in [0.2, 0.25) is 0 Å². The van der Waals surface area contributed by atoms with Gasteiger partial charge in [-0.05, 0) is 5.56 Å². The second-order valence-electron chi connectivity index (χ2n) is 4.33. The first-order chi connectivity index (χ1) is 10.1. The van der Waals surface area contributed by atoms with Crippen molar-refractivity contribution in [3.63, 3.8) is 0 Å². The van der Waals surface area contributed by atoms with Crippen molar-refractivity contribution in [1.29, 1.82) is 0 Å². The summed E-state index contributed by atoms with van der Waals surface area (Å²) in [5, 5.41) is 9.12. The van der Waals surface area contributed by atoms with Gasteiger partial charge < -0.3 is 14.6 Å². The van der Waals surface area contributed by atoms with E-state index in [-0.39, 0.29) is 19.8 Å². The minimum absolute atomic E-state index is 0.0872. The van der Waals surface area contributed by atoms with Crippen LogP contribution in [0.2, 0.25) is 0 Å². The summed E-state index contributed by atoms with van der Waals surface area (Å²) in [6.45, 7) is 3.65. The Kier molecular flexibility index (Phi) is 6.97. The normalized spacial score (nSPS) is 11.5. The van der Waals surface area contributed by atoms with Crippen LogP contribution in [-0.4, -0.2) is 48.4 Å². The number of rotatable bonds is 8. The molecule has 1 amide bonds. The molecule has 0 bridgehead atoms. The maximum Gasteiger partial charge on any atom is 0.410 e.